The first-order valence-corrected chi connectivity index (χ1v) is 19.2. The number of rotatable bonds is 7. The number of halogens is 3. The van der Waals surface area contributed by atoms with Crippen molar-refractivity contribution in [2.75, 3.05) is 68.7 Å². The zero-order valence-corrected chi connectivity index (χ0v) is 30.4. The van der Waals surface area contributed by atoms with Gasteiger partial charge >= 0.3 is 6.55 Å². The molecule has 7 heterocycles. The number of piperazine rings is 1. The van der Waals surface area contributed by atoms with Crippen molar-refractivity contribution >= 4 is 56.8 Å². The fourth-order valence-corrected chi connectivity index (χ4v) is 9.45. The van der Waals surface area contributed by atoms with Gasteiger partial charge in [0.1, 0.15) is 11.7 Å². The van der Waals surface area contributed by atoms with Crippen LogP contribution in [0.5, 0.6) is 0 Å². The summed E-state index contributed by atoms with van der Waals surface area (Å²) in [6, 6.07) is 11.9. The molecule has 0 bridgehead atoms. The lowest BCUT2D eigenvalue weighted by Gasteiger charge is -2.45. The average molecular weight is 757 g/mol. The number of benzene rings is 2. The van der Waals surface area contributed by atoms with E-state index in [1.807, 2.05) is 24.3 Å². The van der Waals surface area contributed by atoms with Crippen molar-refractivity contribution in [3.8, 4) is 0 Å². The number of nitrogens with one attached hydrogen (secondary N) is 1. The maximum atomic E-state index is 16.3. The lowest BCUT2D eigenvalue weighted by Crippen LogP contribution is -2.55. The third kappa shape index (κ3) is 6.40. The number of aromatic nitrogens is 2. The molecule has 0 saturated carbocycles. The van der Waals surface area contributed by atoms with Gasteiger partial charge in [-0.15, -0.1) is 0 Å². The minimum Gasteiger partial charge on any atom is -0.371 e. The number of anilines is 2. The van der Waals surface area contributed by atoms with Crippen LogP contribution in [0.3, 0.4) is 0 Å². The molecular weight excluding hydrogens is 713 g/mol. The molecule has 5 aliphatic rings. The van der Waals surface area contributed by atoms with Crippen molar-refractivity contribution in [3.05, 3.63) is 66.0 Å². The van der Waals surface area contributed by atoms with Gasteiger partial charge in [0.15, 0.2) is 0 Å². The van der Waals surface area contributed by atoms with E-state index in [9.17, 15) is 28.0 Å². The van der Waals surface area contributed by atoms with E-state index in [-0.39, 0.29) is 24.0 Å². The molecule has 4 amide bonds. The smallest absolute Gasteiger partial charge is 0.319 e. The number of imide groups is 2. The monoisotopic (exact) mass is 756 g/mol. The van der Waals surface area contributed by atoms with Crippen LogP contribution in [0, 0.1) is 0 Å². The summed E-state index contributed by atoms with van der Waals surface area (Å²) in [6.07, 6.45) is 6.16. The molecule has 5 aliphatic heterocycles. The molecule has 4 fully saturated rings. The van der Waals surface area contributed by atoms with E-state index in [2.05, 4.69) is 29.9 Å². The highest BCUT2D eigenvalue weighted by Gasteiger charge is 2.45. The normalized spacial score (nSPS) is 23.1. The zero-order chi connectivity index (χ0) is 38.0. The van der Waals surface area contributed by atoms with Crippen LogP contribution >= 0.6 is 0 Å². The summed E-state index contributed by atoms with van der Waals surface area (Å²) in [5, 5.41) is 3.71. The van der Waals surface area contributed by atoms with Crippen LogP contribution in [-0.4, -0.2) is 125 Å². The highest BCUT2D eigenvalue weighted by Crippen LogP contribution is 2.37. The minimum absolute atomic E-state index is 0.0679. The zero-order valence-electron chi connectivity index (χ0n) is 30.4. The van der Waals surface area contributed by atoms with E-state index < -0.39 is 41.9 Å². The number of likely N-dealkylation sites (tertiary alicyclic amines) is 1. The Kier molecular flexibility index (Phi) is 9.03. The predicted molar refractivity (Wildman–Crippen MR) is 200 cm³/mol. The maximum absolute atomic E-state index is 16.3. The first kappa shape index (κ1) is 35.7. The quantitative estimate of drug-likeness (QED) is 0.271. The van der Waals surface area contributed by atoms with E-state index >= 15 is 4.39 Å². The summed E-state index contributed by atoms with van der Waals surface area (Å²) < 4.78 is 45.7. The van der Waals surface area contributed by atoms with Crippen molar-refractivity contribution in [3.63, 3.8) is 0 Å². The number of nitrogens with zero attached hydrogens (tertiary/aromatic N) is 7. The summed E-state index contributed by atoms with van der Waals surface area (Å²) in [5.41, 5.74) is 1.95. The Morgan fingerprint density at radius 3 is 2.18 bits per heavy atom. The number of amides is 4. The lowest BCUT2D eigenvalue weighted by molar-refractivity contribution is -0.136. The van der Waals surface area contributed by atoms with Gasteiger partial charge in [-0.3, -0.25) is 43.8 Å². The van der Waals surface area contributed by atoms with Gasteiger partial charge in [-0.1, -0.05) is 6.07 Å². The predicted octanol–water partition coefficient (Wildman–Crippen LogP) is 4.58. The first-order chi connectivity index (χ1) is 26.6. The summed E-state index contributed by atoms with van der Waals surface area (Å²) in [6.45, 7) is 3.36. The summed E-state index contributed by atoms with van der Waals surface area (Å²) in [7, 11) is 0. The van der Waals surface area contributed by atoms with Crippen molar-refractivity contribution < 1.29 is 32.3 Å². The molecule has 9 rings (SSSR count). The molecule has 2 aromatic heterocycles. The van der Waals surface area contributed by atoms with Crippen LogP contribution < -0.4 is 15.1 Å². The van der Waals surface area contributed by atoms with Gasteiger partial charge in [0.25, 0.3) is 11.8 Å². The Labute approximate surface area is 315 Å². The third-order valence-electron chi connectivity index (χ3n) is 12.5. The Bertz CT molecular complexity index is 2190. The number of carbonyl (C=O) groups is 4. The summed E-state index contributed by atoms with van der Waals surface area (Å²) in [5.74, 6) is -2.10. The van der Waals surface area contributed by atoms with Crippen molar-refractivity contribution in [1.82, 2.24) is 29.6 Å². The fourth-order valence-electron chi connectivity index (χ4n) is 9.45. The van der Waals surface area contributed by atoms with Crippen molar-refractivity contribution in [2.45, 2.75) is 62.8 Å². The molecule has 1 N–H and O–H groups in total. The number of fused-ring (bicyclic) bond motifs is 4. The Morgan fingerprint density at radius 1 is 0.764 bits per heavy atom. The molecule has 55 heavy (non-hydrogen) atoms. The molecule has 1 unspecified atom stereocenters. The SMILES string of the molecule is O=C1CCC(N2C(=O)c3ccc(N4CCN(CC5(F)CCN(C6CCN(c7ccc8c9cnccc9n(C(F)F)c8c7)CC6)CC5)CC4)cc3C2=O)C(=O)N1. The van der Waals surface area contributed by atoms with Crippen molar-refractivity contribution in [2.24, 2.45) is 0 Å². The molecule has 4 aromatic rings. The summed E-state index contributed by atoms with van der Waals surface area (Å²) >= 11 is 0. The molecule has 12 nitrogen and oxygen atoms in total. The molecule has 0 radical (unpaired) electrons. The number of hydrogen-bond donors (Lipinski definition) is 1. The van der Waals surface area contributed by atoms with Gasteiger partial charge in [-0.2, -0.15) is 8.78 Å². The maximum Gasteiger partial charge on any atom is 0.319 e. The van der Waals surface area contributed by atoms with Crippen LogP contribution in [0.4, 0.5) is 24.5 Å². The number of piperidine rings is 3. The molecule has 0 spiro atoms. The van der Waals surface area contributed by atoms with Gasteiger partial charge in [-0.25, -0.2) is 4.39 Å². The third-order valence-corrected chi connectivity index (χ3v) is 12.5. The molecule has 0 aliphatic carbocycles. The van der Waals surface area contributed by atoms with E-state index in [4.69, 9.17) is 0 Å². The molecular formula is C40H43F3N8O4. The highest BCUT2D eigenvalue weighted by atomic mass is 19.3. The lowest BCUT2D eigenvalue weighted by atomic mass is 9.90. The summed E-state index contributed by atoms with van der Waals surface area (Å²) in [4.78, 5) is 64.6. The number of carbonyl (C=O) groups excluding carboxylic acids is 4. The molecule has 15 heteroatoms. The van der Waals surface area contributed by atoms with Gasteiger partial charge in [0, 0.05) is 106 Å². The van der Waals surface area contributed by atoms with Crippen LogP contribution in [0.15, 0.2) is 54.9 Å². The topological polar surface area (TPSA) is 114 Å². The van der Waals surface area contributed by atoms with Gasteiger partial charge in [0.05, 0.1) is 22.2 Å². The average Bonchev–Trinajstić information content (AvgIpc) is 3.65. The largest absolute Gasteiger partial charge is 0.371 e. The second-order valence-corrected chi connectivity index (χ2v) is 15.6. The number of alkyl halides is 3. The fraction of sp³-hybridized carbons (Fsp3) is 0.475. The Morgan fingerprint density at radius 2 is 1.45 bits per heavy atom. The minimum atomic E-state index is -2.66. The number of hydrogen-bond acceptors (Lipinski definition) is 9. The van der Waals surface area contributed by atoms with Crippen LogP contribution in [0.1, 0.15) is 65.8 Å². The van der Waals surface area contributed by atoms with E-state index in [0.717, 1.165) is 57.5 Å². The van der Waals surface area contributed by atoms with E-state index in [0.29, 0.717) is 75.7 Å². The first-order valence-electron chi connectivity index (χ1n) is 19.2. The van der Waals surface area contributed by atoms with Crippen LogP contribution in [0.2, 0.25) is 0 Å². The molecule has 4 saturated heterocycles. The van der Waals surface area contributed by atoms with Crippen LogP contribution in [0.25, 0.3) is 21.8 Å². The molecule has 2 aromatic carbocycles. The van der Waals surface area contributed by atoms with Gasteiger partial charge in [-0.05, 0) is 68.5 Å². The highest BCUT2D eigenvalue weighted by molar-refractivity contribution is 6.23. The van der Waals surface area contributed by atoms with Crippen molar-refractivity contribution in [1.29, 1.82) is 0 Å². The molecule has 1 atom stereocenters. The van der Waals surface area contributed by atoms with E-state index in [1.54, 1.807) is 24.4 Å². The molecule has 288 valence electrons. The Balaban J connectivity index is 0.760. The standard InChI is InChI=1S/C40H43F3N8O4/c41-39(42)50-32-7-12-44-23-31(32)28-3-1-27(22-34(28)50)47-13-8-25(9-14-47)48-15-10-40(43,11-16-48)24-46-17-19-49(20-18-46)26-2-4-29-30(21-26)38(55)51(37(29)54)33-5-6-35(52)45-36(33)53/h1-4,7,12,21-23,25,33,39H,5-6,8-11,13-20,24H2,(H,45,52,53). The van der Waals surface area contributed by atoms with Gasteiger partial charge < -0.3 is 14.7 Å². The second-order valence-electron chi connectivity index (χ2n) is 15.6. The van der Waals surface area contributed by atoms with Crippen LogP contribution in [-0.2, 0) is 9.59 Å². The van der Waals surface area contributed by atoms with E-state index in [1.165, 1.54) is 6.20 Å². The Hall–Kier alpha value is -5.02. The van der Waals surface area contributed by atoms with Gasteiger partial charge in [0.2, 0.25) is 11.8 Å². The second kappa shape index (κ2) is 13.9. The number of pyridine rings is 1.